The molecule has 0 unspecified atom stereocenters. The lowest BCUT2D eigenvalue weighted by atomic mass is 9.88. The molecule has 1 amide bonds. The molecule has 4 nitrogen and oxygen atoms in total. The second kappa shape index (κ2) is 8.95. The van der Waals surface area contributed by atoms with E-state index in [4.69, 9.17) is 0 Å². The largest absolute Gasteiger partial charge is 0.363 e. The predicted octanol–water partition coefficient (Wildman–Crippen LogP) is 3.56. The predicted molar refractivity (Wildman–Crippen MR) is 98.0 cm³/mol. The minimum Gasteiger partial charge on any atom is -0.363 e. The Morgan fingerprint density at radius 2 is 1.65 bits per heavy atom. The number of amidine groups is 1. The Bertz CT molecular complexity index is 396. The third-order valence-corrected chi connectivity index (χ3v) is 6.38. The quantitative estimate of drug-likeness (QED) is 0.834. The van der Waals surface area contributed by atoms with Crippen molar-refractivity contribution in [3.8, 4) is 0 Å². The maximum Gasteiger partial charge on any atom is 0.223 e. The van der Waals surface area contributed by atoms with Gasteiger partial charge in [-0.2, -0.15) is 0 Å². The lowest BCUT2D eigenvalue weighted by Crippen LogP contribution is -2.48. The highest BCUT2D eigenvalue weighted by molar-refractivity contribution is 8.13. The minimum absolute atomic E-state index is 0.398. The van der Waals surface area contributed by atoms with Gasteiger partial charge in [0, 0.05) is 30.8 Å². The van der Waals surface area contributed by atoms with Gasteiger partial charge >= 0.3 is 0 Å². The van der Waals surface area contributed by atoms with Gasteiger partial charge in [-0.1, -0.05) is 50.3 Å². The van der Waals surface area contributed by atoms with E-state index in [0.29, 0.717) is 24.4 Å². The van der Waals surface area contributed by atoms with E-state index < -0.39 is 0 Å². The number of carbonyl (C=O) groups excluding carboxylic acids is 1. The smallest absolute Gasteiger partial charge is 0.223 e. The van der Waals surface area contributed by atoms with Gasteiger partial charge in [-0.3, -0.25) is 9.79 Å². The van der Waals surface area contributed by atoms with Crippen LogP contribution < -0.4 is 5.32 Å². The topological polar surface area (TPSA) is 44.7 Å². The van der Waals surface area contributed by atoms with Gasteiger partial charge in [0.25, 0.3) is 0 Å². The van der Waals surface area contributed by atoms with Crippen molar-refractivity contribution in [3.63, 3.8) is 0 Å². The lowest BCUT2D eigenvalue weighted by molar-refractivity contribution is -0.137. The zero-order valence-corrected chi connectivity index (χ0v) is 15.1. The molecule has 2 aliphatic carbocycles. The van der Waals surface area contributed by atoms with Crippen molar-refractivity contribution in [3.05, 3.63) is 0 Å². The number of hydrogen-bond donors (Lipinski definition) is 1. The normalized spacial score (nSPS) is 23.4. The highest BCUT2D eigenvalue weighted by Gasteiger charge is 2.32. The van der Waals surface area contributed by atoms with E-state index in [1.807, 2.05) is 0 Å². The van der Waals surface area contributed by atoms with E-state index in [0.717, 1.165) is 24.0 Å². The molecule has 1 N–H and O–H groups in total. The number of amides is 1. The number of aliphatic imine (C=N–C) groups is 1. The van der Waals surface area contributed by atoms with Crippen LogP contribution in [0.25, 0.3) is 0 Å². The summed E-state index contributed by atoms with van der Waals surface area (Å²) < 4.78 is 0. The molecule has 23 heavy (non-hydrogen) atoms. The van der Waals surface area contributed by atoms with Crippen LogP contribution in [0.1, 0.15) is 70.6 Å². The Morgan fingerprint density at radius 3 is 2.17 bits per heavy atom. The Kier molecular flexibility index (Phi) is 6.67. The molecule has 0 atom stereocenters. The average molecular weight is 338 g/mol. The molecule has 0 aromatic heterocycles. The third kappa shape index (κ3) is 4.88. The van der Waals surface area contributed by atoms with Gasteiger partial charge in [0.15, 0.2) is 5.17 Å². The molecule has 0 bridgehead atoms. The van der Waals surface area contributed by atoms with E-state index in [2.05, 4.69) is 15.2 Å². The van der Waals surface area contributed by atoms with Gasteiger partial charge in [0.1, 0.15) is 0 Å². The molecule has 5 heteroatoms. The summed E-state index contributed by atoms with van der Waals surface area (Å²) in [6, 6.07) is 1.04. The fourth-order valence-electron chi connectivity index (χ4n) is 4.26. The first-order valence-corrected chi connectivity index (χ1v) is 10.6. The summed E-state index contributed by atoms with van der Waals surface area (Å²) in [5.74, 6) is 1.26. The number of rotatable bonds is 5. The van der Waals surface area contributed by atoms with Gasteiger partial charge in [-0.25, -0.2) is 0 Å². The summed E-state index contributed by atoms with van der Waals surface area (Å²) in [5.41, 5.74) is 0. The molecule has 0 aromatic rings. The SMILES string of the molecule is O=C(CCSC1=NCCN1)N(C1CCCCC1)C1CCCCC1. The molecule has 3 rings (SSSR count). The fraction of sp³-hybridized carbons (Fsp3) is 0.889. The molecule has 1 aliphatic heterocycles. The highest BCUT2D eigenvalue weighted by Crippen LogP contribution is 2.31. The molecule has 0 aromatic carbocycles. The Hall–Kier alpha value is -0.710. The molecule has 0 radical (unpaired) electrons. The molecule has 130 valence electrons. The first kappa shape index (κ1) is 17.1. The lowest BCUT2D eigenvalue weighted by Gasteiger charge is -2.42. The van der Waals surface area contributed by atoms with E-state index >= 15 is 0 Å². The molecule has 2 fully saturated rings. The Labute approximate surface area is 144 Å². The maximum absolute atomic E-state index is 13.0. The van der Waals surface area contributed by atoms with Crippen LogP contribution in [0.3, 0.4) is 0 Å². The summed E-state index contributed by atoms with van der Waals surface area (Å²) in [7, 11) is 0. The van der Waals surface area contributed by atoms with Crippen LogP contribution >= 0.6 is 11.8 Å². The average Bonchev–Trinajstić information content (AvgIpc) is 3.10. The van der Waals surface area contributed by atoms with Gasteiger partial charge in [-0.05, 0) is 25.7 Å². The van der Waals surface area contributed by atoms with Gasteiger partial charge in [0.2, 0.25) is 5.91 Å². The van der Waals surface area contributed by atoms with E-state index in [9.17, 15) is 4.79 Å². The molecular weight excluding hydrogens is 306 g/mol. The van der Waals surface area contributed by atoms with Crippen LogP contribution in [0.15, 0.2) is 4.99 Å². The van der Waals surface area contributed by atoms with Gasteiger partial charge in [-0.15, -0.1) is 0 Å². The second-order valence-electron chi connectivity index (χ2n) is 7.10. The van der Waals surface area contributed by atoms with Crippen molar-refractivity contribution in [2.45, 2.75) is 82.7 Å². The first-order valence-electron chi connectivity index (χ1n) is 9.57. The summed E-state index contributed by atoms with van der Waals surface area (Å²) in [6.45, 7) is 1.83. The fourth-order valence-corrected chi connectivity index (χ4v) is 5.12. The van der Waals surface area contributed by atoms with Crippen molar-refractivity contribution in [1.82, 2.24) is 10.2 Å². The standard InChI is InChI=1S/C18H31N3OS/c22-17(11-14-23-18-19-12-13-20-18)21(15-7-3-1-4-8-15)16-9-5-2-6-10-16/h15-16H,1-14H2,(H,19,20). The number of thioether (sulfide) groups is 1. The number of hydrogen-bond acceptors (Lipinski definition) is 4. The van der Waals surface area contributed by atoms with Crippen LogP contribution in [0, 0.1) is 0 Å². The van der Waals surface area contributed by atoms with Crippen molar-refractivity contribution in [2.24, 2.45) is 4.99 Å². The second-order valence-corrected chi connectivity index (χ2v) is 8.18. The van der Waals surface area contributed by atoms with Crippen LogP contribution in [-0.2, 0) is 4.79 Å². The van der Waals surface area contributed by atoms with Crippen molar-refractivity contribution >= 4 is 22.8 Å². The molecule has 0 spiro atoms. The van der Waals surface area contributed by atoms with Crippen molar-refractivity contribution in [1.29, 1.82) is 0 Å². The van der Waals surface area contributed by atoms with Crippen LogP contribution in [0.4, 0.5) is 0 Å². The highest BCUT2D eigenvalue weighted by atomic mass is 32.2. The summed E-state index contributed by atoms with van der Waals surface area (Å²) >= 11 is 1.71. The van der Waals surface area contributed by atoms with Gasteiger partial charge < -0.3 is 10.2 Å². The maximum atomic E-state index is 13.0. The van der Waals surface area contributed by atoms with Crippen LogP contribution in [0.2, 0.25) is 0 Å². The Balaban J connectivity index is 1.55. The van der Waals surface area contributed by atoms with Gasteiger partial charge in [0.05, 0.1) is 6.54 Å². The van der Waals surface area contributed by atoms with Crippen LogP contribution in [-0.4, -0.2) is 46.9 Å². The minimum atomic E-state index is 0.398. The zero-order chi connectivity index (χ0) is 15.9. The molecular formula is C18H31N3OS. The Morgan fingerprint density at radius 1 is 1.04 bits per heavy atom. The summed E-state index contributed by atoms with van der Waals surface area (Å²) in [6.07, 6.45) is 13.5. The van der Waals surface area contributed by atoms with E-state index in [-0.39, 0.29) is 0 Å². The molecule has 3 aliphatic rings. The number of nitrogens with zero attached hydrogens (tertiary/aromatic N) is 2. The van der Waals surface area contributed by atoms with Crippen LogP contribution in [0.5, 0.6) is 0 Å². The number of nitrogens with one attached hydrogen (secondary N) is 1. The third-order valence-electron chi connectivity index (χ3n) is 5.42. The molecule has 0 saturated heterocycles. The molecule has 2 saturated carbocycles. The summed E-state index contributed by atoms with van der Waals surface area (Å²) in [5, 5.41) is 4.30. The van der Waals surface area contributed by atoms with Crippen molar-refractivity contribution < 1.29 is 4.79 Å². The van der Waals surface area contributed by atoms with Crippen molar-refractivity contribution in [2.75, 3.05) is 18.8 Å². The first-order chi connectivity index (χ1) is 11.3. The van der Waals surface area contributed by atoms with E-state index in [1.54, 1.807) is 11.8 Å². The van der Waals surface area contributed by atoms with E-state index in [1.165, 1.54) is 64.2 Å². The summed E-state index contributed by atoms with van der Waals surface area (Å²) in [4.78, 5) is 19.7. The monoisotopic (exact) mass is 337 g/mol. The number of carbonyl (C=O) groups is 1. The zero-order valence-electron chi connectivity index (χ0n) is 14.3. The molecule has 1 heterocycles.